The lowest BCUT2D eigenvalue weighted by Gasteiger charge is -2.10. The summed E-state index contributed by atoms with van der Waals surface area (Å²) >= 11 is 1.53. The van der Waals surface area contributed by atoms with Gasteiger partial charge in [0.2, 0.25) is 5.91 Å². The van der Waals surface area contributed by atoms with Crippen molar-refractivity contribution >= 4 is 29.0 Å². The van der Waals surface area contributed by atoms with Gasteiger partial charge in [0, 0.05) is 41.2 Å². The van der Waals surface area contributed by atoms with Crippen molar-refractivity contribution in [2.75, 3.05) is 11.1 Å². The van der Waals surface area contributed by atoms with Gasteiger partial charge in [0.15, 0.2) is 11.0 Å². The molecule has 3 aromatic carbocycles. The third-order valence-corrected chi connectivity index (χ3v) is 6.16. The van der Waals surface area contributed by atoms with Gasteiger partial charge in [-0.1, -0.05) is 30.0 Å². The molecule has 8 nitrogen and oxygen atoms in total. The first-order chi connectivity index (χ1) is 17.0. The number of nitro groups is 1. The molecule has 1 N–H and O–H groups in total. The number of halogens is 1. The molecular formula is C25H22FN5O3S. The van der Waals surface area contributed by atoms with Crippen molar-refractivity contribution < 1.29 is 14.1 Å². The van der Waals surface area contributed by atoms with Crippen LogP contribution in [0.3, 0.4) is 0 Å². The van der Waals surface area contributed by atoms with Crippen LogP contribution < -0.4 is 5.32 Å². The fraction of sp³-hybridized carbons (Fsp3) is 0.160. The lowest BCUT2D eigenvalue weighted by Crippen LogP contribution is -2.11. The van der Waals surface area contributed by atoms with E-state index in [4.69, 9.17) is 0 Å². The normalized spacial score (nSPS) is 10.8. The number of anilines is 1. The number of carbonyl (C=O) groups excluding carboxylic acids is 1. The van der Waals surface area contributed by atoms with Crippen molar-refractivity contribution in [1.29, 1.82) is 0 Å². The number of nitrogens with one attached hydrogen (secondary N) is 1. The number of thioether (sulfide) groups is 1. The van der Waals surface area contributed by atoms with Crippen molar-refractivity contribution in [1.82, 2.24) is 14.8 Å². The van der Waals surface area contributed by atoms with Crippen molar-refractivity contribution in [3.05, 3.63) is 94.8 Å². The molecule has 0 bridgehead atoms. The Morgan fingerprint density at radius 2 is 1.69 bits per heavy atom. The second-order valence-corrected chi connectivity index (χ2v) is 8.70. The highest BCUT2D eigenvalue weighted by Crippen LogP contribution is 2.29. The summed E-state index contributed by atoms with van der Waals surface area (Å²) in [5, 5.41) is 23.1. The predicted octanol–water partition coefficient (Wildman–Crippen LogP) is 5.88. The lowest BCUT2D eigenvalue weighted by molar-refractivity contribution is -0.384. The average Bonchev–Trinajstić information content (AvgIpc) is 3.29. The van der Waals surface area contributed by atoms with Gasteiger partial charge < -0.3 is 5.32 Å². The maximum absolute atomic E-state index is 13.0. The fourth-order valence-corrected chi connectivity index (χ4v) is 4.35. The lowest BCUT2D eigenvalue weighted by atomic mass is 10.2. The van der Waals surface area contributed by atoms with E-state index < -0.39 is 4.92 Å². The zero-order chi connectivity index (χ0) is 24.6. The SMILES string of the molecule is O=C(CCCCSc1nnc(-c2ccc([N+](=O)[O-])cc2)n1-c1ccccc1)Nc1ccc(F)cc1. The minimum absolute atomic E-state index is 0.0117. The van der Waals surface area contributed by atoms with Crippen molar-refractivity contribution in [2.24, 2.45) is 0 Å². The van der Waals surface area contributed by atoms with Crippen LogP contribution in [0.5, 0.6) is 0 Å². The molecule has 35 heavy (non-hydrogen) atoms. The standard InChI is InChI=1S/C25H22FN5O3S/c26-19-11-13-20(14-12-19)27-23(32)8-4-5-17-35-25-29-28-24(30(25)21-6-2-1-3-7-21)18-9-15-22(16-10-18)31(33)34/h1-3,6-7,9-16H,4-5,8,17H2,(H,27,32). The summed E-state index contributed by atoms with van der Waals surface area (Å²) in [5.74, 6) is 0.858. The molecule has 1 amide bonds. The number of unbranched alkanes of at least 4 members (excludes halogenated alkanes) is 1. The minimum atomic E-state index is -0.438. The highest BCUT2D eigenvalue weighted by molar-refractivity contribution is 7.99. The van der Waals surface area contributed by atoms with Crippen LogP contribution in [0.1, 0.15) is 19.3 Å². The number of para-hydroxylation sites is 1. The first kappa shape index (κ1) is 24.1. The number of non-ortho nitro benzene ring substituents is 1. The van der Waals surface area contributed by atoms with Gasteiger partial charge in [-0.2, -0.15) is 0 Å². The van der Waals surface area contributed by atoms with Crippen molar-refractivity contribution in [2.45, 2.75) is 24.4 Å². The molecular weight excluding hydrogens is 469 g/mol. The summed E-state index contributed by atoms with van der Waals surface area (Å²) in [7, 11) is 0. The molecule has 0 saturated carbocycles. The Hall–Kier alpha value is -4.05. The molecule has 0 aliphatic heterocycles. The first-order valence-corrected chi connectivity index (χ1v) is 11.9. The molecule has 0 spiro atoms. The third-order valence-electron chi connectivity index (χ3n) is 5.14. The Balaban J connectivity index is 1.39. The molecule has 0 aliphatic carbocycles. The maximum Gasteiger partial charge on any atom is 0.269 e. The molecule has 0 fully saturated rings. The molecule has 0 radical (unpaired) electrons. The quantitative estimate of drug-likeness (QED) is 0.129. The molecule has 1 heterocycles. The Morgan fingerprint density at radius 1 is 0.971 bits per heavy atom. The van der Waals surface area contributed by atoms with Crippen LogP contribution in [0, 0.1) is 15.9 Å². The largest absolute Gasteiger partial charge is 0.326 e. The molecule has 4 aromatic rings. The summed E-state index contributed by atoms with van der Waals surface area (Å²) in [5.41, 5.74) is 2.18. The number of carbonyl (C=O) groups is 1. The summed E-state index contributed by atoms with van der Waals surface area (Å²) < 4.78 is 14.9. The van der Waals surface area contributed by atoms with Gasteiger partial charge in [-0.25, -0.2) is 4.39 Å². The molecule has 0 aliphatic rings. The molecule has 10 heteroatoms. The van der Waals surface area contributed by atoms with E-state index in [1.165, 1.54) is 48.2 Å². The number of rotatable bonds is 10. The number of hydrogen-bond acceptors (Lipinski definition) is 6. The van der Waals surface area contributed by atoms with Gasteiger partial charge in [0.1, 0.15) is 5.82 Å². The Kier molecular flexibility index (Phi) is 7.84. The third kappa shape index (κ3) is 6.30. The molecule has 0 saturated heterocycles. The monoisotopic (exact) mass is 491 g/mol. The summed E-state index contributed by atoms with van der Waals surface area (Å²) in [4.78, 5) is 22.7. The highest BCUT2D eigenvalue weighted by atomic mass is 32.2. The zero-order valence-corrected chi connectivity index (χ0v) is 19.5. The molecule has 1 aromatic heterocycles. The Morgan fingerprint density at radius 3 is 2.37 bits per heavy atom. The molecule has 0 unspecified atom stereocenters. The molecule has 4 rings (SSSR count). The van der Waals surface area contributed by atoms with Gasteiger partial charge in [0.25, 0.3) is 5.69 Å². The predicted molar refractivity (Wildman–Crippen MR) is 133 cm³/mol. The summed E-state index contributed by atoms with van der Waals surface area (Å²) in [6.45, 7) is 0. The van der Waals surface area contributed by atoms with Gasteiger partial charge in [-0.05, 0) is 61.4 Å². The fourth-order valence-electron chi connectivity index (χ4n) is 3.40. The molecule has 0 atom stereocenters. The van der Waals surface area contributed by atoms with E-state index in [-0.39, 0.29) is 17.4 Å². The average molecular weight is 492 g/mol. The minimum Gasteiger partial charge on any atom is -0.326 e. The summed E-state index contributed by atoms with van der Waals surface area (Å²) in [6.07, 6.45) is 1.84. The van der Waals surface area contributed by atoms with E-state index in [0.717, 1.165) is 23.4 Å². The smallest absolute Gasteiger partial charge is 0.269 e. The highest BCUT2D eigenvalue weighted by Gasteiger charge is 2.17. The number of benzene rings is 3. The number of amides is 1. The van der Waals surface area contributed by atoms with Crippen LogP contribution in [0.25, 0.3) is 17.1 Å². The number of nitro benzene ring substituents is 1. The second-order valence-electron chi connectivity index (χ2n) is 7.64. The maximum atomic E-state index is 13.0. The van der Waals surface area contributed by atoms with Crippen LogP contribution in [0.15, 0.2) is 84.0 Å². The van der Waals surface area contributed by atoms with E-state index in [9.17, 15) is 19.3 Å². The van der Waals surface area contributed by atoms with Crippen LogP contribution in [-0.4, -0.2) is 31.3 Å². The Labute approximate surface area is 205 Å². The van der Waals surface area contributed by atoms with Crippen molar-refractivity contribution in [3.8, 4) is 17.1 Å². The van der Waals surface area contributed by atoms with E-state index in [2.05, 4.69) is 15.5 Å². The first-order valence-electron chi connectivity index (χ1n) is 10.9. The number of nitrogens with zero attached hydrogens (tertiary/aromatic N) is 4. The van der Waals surface area contributed by atoms with Crippen LogP contribution in [0.4, 0.5) is 15.8 Å². The topological polar surface area (TPSA) is 103 Å². The van der Waals surface area contributed by atoms with Crippen molar-refractivity contribution in [3.63, 3.8) is 0 Å². The van der Waals surface area contributed by atoms with Crippen LogP contribution >= 0.6 is 11.8 Å². The number of hydrogen-bond donors (Lipinski definition) is 1. The van der Waals surface area contributed by atoms with Crippen LogP contribution in [-0.2, 0) is 4.79 Å². The van der Waals surface area contributed by atoms with Gasteiger partial charge in [-0.15, -0.1) is 10.2 Å². The zero-order valence-electron chi connectivity index (χ0n) is 18.6. The van der Waals surface area contributed by atoms with Crippen LogP contribution in [0.2, 0.25) is 0 Å². The molecule has 178 valence electrons. The second kappa shape index (κ2) is 11.4. The van der Waals surface area contributed by atoms with E-state index in [1.54, 1.807) is 12.1 Å². The Bertz CT molecular complexity index is 1300. The van der Waals surface area contributed by atoms with Gasteiger partial charge in [0.05, 0.1) is 4.92 Å². The van der Waals surface area contributed by atoms with Gasteiger partial charge >= 0.3 is 0 Å². The van der Waals surface area contributed by atoms with E-state index >= 15 is 0 Å². The van der Waals surface area contributed by atoms with E-state index in [1.807, 2.05) is 34.9 Å². The van der Waals surface area contributed by atoms with E-state index in [0.29, 0.717) is 29.5 Å². The summed E-state index contributed by atoms with van der Waals surface area (Å²) in [6, 6.07) is 21.5. The van der Waals surface area contributed by atoms with Gasteiger partial charge in [-0.3, -0.25) is 19.5 Å². The number of aromatic nitrogens is 3.